The number of hydrogen-bond donors (Lipinski definition) is 1. The number of carbonyl (C=O) groups excluding carboxylic acids is 1. The third-order valence-corrected chi connectivity index (χ3v) is 6.65. The van der Waals surface area contributed by atoms with Gasteiger partial charge in [-0.2, -0.15) is 0 Å². The Morgan fingerprint density at radius 3 is 2.23 bits per heavy atom. The number of aromatic nitrogens is 2. The highest BCUT2D eigenvalue weighted by molar-refractivity contribution is 5.90. The molecule has 1 aromatic carbocycles. The standard InChI is InChI=1S/C25H32FN3O/c26-21-13-11-20(12-14-21)23-17-27-25(22(28-23)15-18-7-3-1-4-8-18)29-24(30)16-19-9-5-2-6-10-19/h11-14,17-19H,1-10,15-16H2,(H,27,29,30). The van der Waals surface area contributed by atoms with E-state index in [1.54, 1.807) is 18.3 Å². The van der Waals surface area contributed by atoms with Gasteiger partial charge in [0.25, 0.3) is 0 Å². The lowest BCUT2D eigenvalue weighted by molar-refractivity contribution is -0.117. The van der Waals surface area contributed by atoms with Crippen molar-refractivity contribution >= 4 is 11.7 Å². The molecule has 0 spiro atoms. The van der Waals surface area contributed by atoms with Crippen LogP contribution in [0, 0.1) is 17.7 Å². The Labute approximate surface area is 178 Å². The molecular weight excluding hydrogens is 377 g/mol. The van der Waals surface area contributed by atoms with Crippen LogP contribution in [-0.2, 0) is 11.2 Å². The third-order valence-electron chi connectivity index (χ3n) is 6.65. The fourth-order valence-corrected chi connectivity index (χ4v) is 4.94. The number of anilines is 1. The van der Waals surface area contributed by atoms with Gasteiger partial charge < -0.3 is 5.32 Å². The predicted octanol–water partition coefficient (Wildman–Crippen LogP) is 6.31. The van der Waals surface area contributed by atoms with Crippen LogP contribution in [0.2, 0.25) is 0 Å². The Hall–Kier alpha value is -2.30. The van der Waals surface area contributed by atoms with E-state index in [0.717, 1.165) is 36.2 Å². The lowest BCUT2D eigenvalue weighted by Gasteiger charge is -2.23. The highest BCUT2D eigenvalue weighted by Gasteiger charge is 2.21. The van der Waals surface area contributed by atoms with Gasteiger partial charge in [0.2, 0.25) is 5.91 Å². The normalized spacial score (nSPS) is 18.3. The molecule has 2 fully saturated rings. The van der Waals surface area contributed by atoms with E-state index < -0.39 is 0 Å². The fourth-order valence-electron chi connectivity index (χ4n) is 4.94. The number of hydrogen-bond acceptors (Lipinski definition) is 3. The van der Waals surface area contributed by atoms with Crippen molar-refractivity contribution in [2.75, 3.05) is 5.32 Å². The van der Waals surface area contributed by atoms with Crippen molar-refractivity contribution in [1.29, 1.82) is 0 Å². The van der Waals surface area contributed by atoms with Crippen LogP contribution in [0.1, 0.15) is 76.3 Å². The molecule has 0 saturated heterocycles. The minimum Gasteiger partial charge on any atom is -0.309 e. The Morgan fingerprint density at radius 1 is 0.933 bits per heavy atom. The summed E-state index contributed by atoms with van der Waals surface area (Å²) in [4.78, 5) is 22.2. The van der Waals surface area contributed by atoms with Gasteiger partial charge in [0.1, 0.15) is 5.82 Å². The molecule has 2 aliphatic carbocycles. The average Bonchev–Trinajstić information content (AvgIpc) is 2.77. The molecule has 0 atom stereocenters. The summed E-state index contributed by atoms with van der Waals surface area (Å²) in [7, 11) is 0. The number of nitrogens with zero attached hydrogens (tertiary/aromatic N) is 2. The van der Waals surface area contributed by atoms with Gasteiger partial charge in [-0.15, -0.1) is 0 Å². The van der Waals surface area contributed by atoms with Gasteiger partial charge >= 0.3 is 0 Å². The van der Waals surface area contributed by atoms with Gasteiger partial charge in [0.05, 0.1) is 17.6 Å². The molecule has 160 valence electrons. The van der Waals surface area contributed by atoms with Crippen LogP contribution in [0.3, 0.4) is 0 Å². The van der Waals surface area contributed by atoms with Crippen molar-refractivity contribution in [2.45, 2.75) is 77.0 Å². The van der Waals surface area contributed by atoms with Crippen LogP contribution in [0.25, 0.3) is 11.3 Å². The molecule has 5 heteroatoms. The van der Waals surface area contributed by atoms with E-state index in [1.165, 1.54) is 63.5 Å². The van der Waals surface area contributed by atoms with Crippen molar-refractivity contribution in [3.63, 3.8) is 0 Å². The zero-order valence-corrected chi connectivity index (χ0v) is 17.7. The summed E-state index contributed by atoms with van der Waals surface area (Å²) < 4.78 is 13.3. The summed E-state index contributed by atoms with van der Waals surface area (Å²) in [6.45, 7) is 0. The van der Waals surface area contributed by atoms with E-state index in [9.17, 15) is 9.18 Å². The summed E-state index contributed by atoms with van der Waals surface area (Å²) >= 11 is 0. The molecule has 30 heavy (non-hydrogen) atoms. The second-order valence-electron chi connectivity index (χ2n) is 9.02. The first-order chi connectivity index (χ1) is 14.7. The number of nitrogens with one attached hydrogen (secondary N) is 1. The fraction of sp³-hybridized carbons (Fsp3) is 0.560. The minimum absolute atomic E-state index is 0.0515. The Kier molecular flexibility index (Phi) is 7.08. The van der Waals surface area contributed by atoms with Gasteiger partial charge in [0, 0.05) is 12.0 Å². The van der Waals surface area contributed by atoms with Crippen LogP contribution >= 0.6 is 0 Å². The molecule has 1 N–H and O–H groups in total. The second-order valence-corrected chi connectivity index (χ2v) is 9.02. The number of amides is 1. The summed E-state index contributed by atoms with van der Waals surface area (Å²) in [5, 5.41) is 3.06. The molecule has 2 saturated carbocycles. The van der Waals surface area contributed by atoms with E-state index in [4.69, 9.17) is 4.98 Å². The van der Waals surface area contributed by atoms with Crippen LogP contribution in [0.15, 0.2) is 30.5 Å². The number of benzene rings is 1. The minimum atomic E-state index is -0.263. The van der Waals surface area contributed by atoms with Crippen LogP contribution in [0.5, 0.6) is 0 Å². The zero-order chi connectivity index (χ0) is 20.8. The number of halogens is 1. The van der Waals surface area contributed by atoms with Gasteiger partial charge in [-0.05, 0) is 55.4 Å². The Bertz CT molecular complexity index is 840. The first-order valence-corrected chi connectivity index (χ1v) is 11.6. The molecule has 0 unspecified atom stereocenters. The zero-order valence-electron chi connectivity index (χ0n) is 17.7. The first kappa shape index (κ1) is 21.0. The van der Waals surface area contributed by atoms with Gasteiger partial charge in [-0.1, -0.05) is 51.4 Å². The summed E-state index contributed by atoms with van der Waals surface area (Å²) in [6, 6.07) is 6.34. The predicted molar refractivity (Wildman–Crippen MR) is 118 cm³/mol. The first-order valence-electron chi connectivity index (χ1n) is 11.6. The maximum absolute atomic E-state index is 13.3. The SMILES string of the molecule is O=C(CC1CCCCC1)Nc1ncc(-c2ccc(F)cc2)nc1CC1CCCCC1. The molecule has 0 aliphatic heterocycles. The molecule has 4 rings (SSSR count). The van der Waals surface area contributed by atoms with E-state index in [2.05, 4.69) is 10.3 Å². The quantitative estimate of drug-likeness (QED) is 0.608. The largest absolute Gasteiger partial charge is 0.309 e. The molecule has 1 aromatic heterocycles. The molecular formula is C25H32FN3O. The van der Waals surface area contributed by atoms with Crippen LogP contribution < -0.4 is 5.32 Å². The van der Waals surface area contributed by atoms with E-state index in [-0.39, 0.29) is 11.7 Å². The van der Waals surface area contributed by atoms with E-state index in [1.807, 2.05) is 0 Å². The molecule has 2 aromatic rings. The van der Waals surface area contributed by atoms with Gasteiger partial charge in [-0.3, -0.25) is 4.79 Å². The van der Waals surface area contributed by atoms with Crippen LogP contribution in [0.4, 0.5) is 10.2 Å². The number of carbonyl (C=O) groups is 1. The monoisotopic (exact) mass is 409 g/mol. The topological polar surface area (TPSA) is 54.9 Å². The lowest BCUT2D eigenvalue weighted by Crippen LogP contribution is -2.21. The van der Waals surface area contributed by atoms with Gasteiger partial charge in [-0.25, -0.2) is 14.4 Å². The molecule has 1 heterocycles. The third kappa shape index (κ3) is 5.65. The van der Waals surface area contributed by atoms with Crippen molar-refractivity contribution in [2.24, 2.45) is 11.8 Å². The summed E-state index contributed by atoms with van der Waals surface area (Å²) in [5.41, 5.74) is 2.43. The Balaban J connectivity index is 1.52. The molecule has 2 aliphatic rings. The summed E-state index contributed by atoms with van der Waals surface area (Å²) in [5.74, 6) is 1.47. The number of rotatable bonds is 6. The highest BCUT2D eigenvalue weighted by atomic mass is 19.1. The lowest BCUT2D eigenvalue weighted by atomic mass is 9.86. The maximum Gasteiger partial charge on any atom is 0.225 e. The second kappa shape index (κ2) is 10.1. The smallest absolute Gasteiger partial charge is 0.225 e. The van der Waals surface area contributed by atoms with Crippen molar-refractivity contribution in [3.8, 4) is 11.3 Å². The molecule has 4 nitrogen and oxygen atoms in total. The van der Waals surface area contributed by atoms with Crippen molar-refractivity contribution < 1.29 is 9.18 Å². The molecule has 1 amide bonds. The maximum atomic E-state index is 13.3. The van der Waals surface area contributed by atoms with E-state index in [0.29, 0.717) is 24.1 Å². The molecule has 0 radical (unpaired) electrons. The van der Waals surface area contributed by atoms with Gasteiger partial charge in [0.15, 0.2) is 5.82 Å². The van der Waals surface area contributed by atoms with Crippen molar-refractivity contribution in [3.05, 3.63) is 42.0 Å². The highest BCUT2D eigenvalue weighted by Crippen LogP contribution is 2.30. The molecule has 0 bridgehead atoms. The average molecular weight is 410 g/mol. The summed E-state index contributed by atoms with van der Waals surface area (Å²) in [6.07, 6.45) is 15.4. The van der Waals surface area contributed by atoms with E-state index >= 15 is 0 Å². The van der Waals surface area contributed by atoms with Crippen LogP contribution in [-0.4, -0.2) is 15.9 Å². The Morgan fingerprint density at radius 2 is 1.57 bits per heavy atom. The van der Waals surface area contributed by atoms with Crippen molar-refractivity contribution in [1.82, 2.24) is 9.97 Å².